The zero-order chi connectivity index (χ0) is 48.3. The molecule has 0 N–H and O–H groups in total. The molecule has 0 bridgehead atoms. The molecular formula is C41H13BF21NO. The van der Waals surface area contributed by atoms with Crippen molar-refractivity contribution in [2.24, 2.45) is 0 Å². The van der Waals surface area contributed by atoms with Gasteiger partial charge in [-0.25, -0.2) is 87.8 Å². The molecule has 0 saturated carbocycles. The first kappa shape index (κ1) is 47.5. The fourth-order valence-corrected chi connectivity index (χ4v) is 7.09. The lowest BCUT2D eigenvalue weighted by atomic mass is 9.12. The van der Waals surface area contributed by atoms with E-state index in [1.54, 1.807) is 42.6 Å². The fourth-order valence-electron chi connectivity index (χ4n) is 7.09. The van der Waals surface area contributed by atoms with E-state index in [1.165, 1.54) is 4.57 Å². The quantitative estimate of drug-likeness (QED) is 0.0298. The van der Waals surface area contributed by atoms with E-state index in [9.17, 15) is 61.9 Å². The molecule has 0 aliphatic heterocycles. The van der Waals surface area contributed by atoms with Crippen LogP contribution in [0.5, 0.6) is 0 Å². The molecule has 0 radical (unpaired) electrons. The molecule has 7 aromatic rings. The Labute approximate surface area is 347 Å². The second kappa shape index (κ2) is 17.5. The maximum atomic E-state index is 15.4. The minimum absolute atomic E-state index is 0.000676. The molecule has 2 nitrogen and oxygen atoms in total. The predicted octanol–water partition coefficient (Wildman–Crippen LogP) is 9.00. The maximum absolute atomic E-state index is 15.4. The lowest BCUT2D eigenvalue weighted by Crippen LogP contribution is -2.81. The number of aromatic nitrogens is 1. The largest absolute Gasteiger partial charge is 0.367 e. The van der Waals surface area contributed by atoms with Crippen molar-refractivity contribution in [2.45, 2.75) is 6.54 Å². The van der Waals surface area contributed by atoms with Gasteiger partial charge < -0.3 is 0 Å². The number of fused-ring (bicyclic) bond motifs is 1. The molecule has 7 rings (SSSR count). The number of pyridine rings is 1. The second-order valence-corrected chi connectivity index (χ2v) is 13.4. The molecule has 1 aromatic heterocycles. The first-order chi connectivity index (χ1) is 30.5. The van der Waals surface area contributed by atoms with Crippen molar-refractivity contribution < 1.29 is 102 Å². The summed E-state index contributed by atoms with van der Waals surface area (Å²) >= 11 is 0. The summed E-state index contributed by atoms with van der Waals surface area (Å²) in [6, 6.07) is 18.0. The highest BCUT2D eigenvalue weighted by Crippen LogP contribution is 2.31. The summed E-state index contributed by atoms with van der Waals surface area (Å²) in [7, 11) is 0. The van der Waals surface area contributed by atoms with Gasteiger partial charge in [-0.3, -0.25) is 4.79 Å². The van der Waals surface area contributed by atoms with Crippen LogP contribution in [0.3, 0.4) is 0 Å². The van der Waals surface area contributed by atoms with Crippen molar-refractivity contribution in [2.75, 3.05) is 0 Å². The van der Waals surface area contributed by atoms with Gasteiger partial charge in [0.2, 0.25) is 12.3 Å². The Kier molecular flexibility index (Phi) is 12.8. The molecule has 1 heterocycles. The summed E-state index contributed by atoms with van der Waals surface area (Å²) in [5, 5.41) is 1.35. The molecule has 0 saturated heterocycles. The van der Waals surface area contributed by atoms with Crippen LogP contribution < -0.4 is 26.4 Å². The molecule has 0 unspecified atom stereocenters. The Morgan fingerprint density at radius 1 is 0.354 bits per heavy atom. The van der Waals surface area contributed by atoms with Gasteiger partial charge in [0.05, 0.1) is 5.39 Å². The summed E-state index contributed by atoms with van der Waals surface area (Å²) in [5.41, 5.74) is -13.7. The molecule has 0 atom stereocenters. The maximum Gasteiger partial charge on any atom is 0.367 e. The van der Waals surface area contributed by atoms with Gasteiger partial charge in [-0.1, -0.05) is 48.5 Å². The standard InChI is InChI=1S/C24BF20.C17H13FNO/c26-5-1(6(27)14(35)21(42)13(5)34)25(2-7(28)15(36)22(43)16(37)8(2)29,3-9(30)17(38)23(44)18(39)10(3)31)4-11(32)19(40)24(45)20(41)12(4)33;18-17-15-9-5-4-6-13(15)10-11-19(17)12-16(20)14-7-2-1-3-8-14/h;1-11H,12H2/q-1;+1. The highest BCUT2D eigenvalue weighted by atomic mass is 19.2. The number of hydrogen-bond donors (Lipinski definition) is 0. The van der Waals surface area contributed by atoms with Crippen LogP contribution in [0.25, 0.3) is 10.8 Å². The van der Waals surface area contributed by atoms with Crippen molar-refractivity contribution in [1.82, 2.24) is 0 Å². The minimum Gasteiger partial charge on any atom is -0.287 e. The molecule has 65 heavy (non-hydrogen) atoms. The molecule has 0 amide bonds. The zero-order valence-electron chi connectivity index (χ0n) is 30.9. The third-order valence-electron chi connectivity index (χ3n) is 9.99. The Hall–Kier alpha value is -7.01. The lowest BCUT2D eigenvalue weighted by Gasteiger charge is -2.44. The van der Waals surface area contributed by atoms with Gasteiger partial charge >= 0.3 is 5.95 Å². The highest BCUT2D eigenvalue weighted by Gasteiger charge is 2.52. The van der Waals surface area contributed by atoms with Gasteiger partial charge in [0.15, 0.2) is 76.0 Å². The number of halogens is 21. The monoisotopic (exact) mass is 945 g/mol. The van der Waals surface area contributed by atoms with E-state index in [-0.39, 0.29) is 18.3 Å². The SMILES string of the molecule is Fc1c(F)c(F)c([B-](c2c(F)c(F)c(F)c(F)c2F)(c2c(F)c(F)c(F)c(F)c2F)c2c(F)c(F)c(F)c(F)c2F)c(F)c1F.O=C(C[n+]1ccc2ccccc2c1F)c1ccccc1. The van der Waals surface area contributed by atoms with Crippen LogP contribution in [0, 0.1) is 122 Å². The van der Waals surface area contributed by atoms with E-state index in [1.807, 2.05) is 24.3 Å². The van der Waals surface area contributed by atoms with Gasteiger partial charge in [-0.2, -0.15) is 4.57 Å². The van der Waals surface area contributed by atoms with Gasteiger partial charge in [-0.05, 0) is 11.5 Å². The number of nitrogens with zero attached hydrogens (tertiary/aromatic N) is 1. The average Bonchev–Trinajstić information content (AvgIpc) is 3.30. The van der Waals surface area contributed by atoms with E-state index in [0.29, 0.717) is 10.9 Å². The third-order valence-corrected chi connectivity index (χ3v) is 9.99. The van der Waals surface area contributed by atoms with E-state index < -0.39 is 144 Å². The molecule has 24 heteroatoms. The first-order valence-electron chi connectivity index (χ1n) is 17.3. The molecule has 0 spiro atoms. The summed E-state index contributed by atoms with van der Waals surface area (Å²) in [6.07, 6.45) is -5.61. The van der Waals surface area contributed by atoms with Crippen LogP contribution in [-0.4, -0.2) is 11.9 Å². The van der Waals surface area contributed by atoms with Crippen molar-refractivity contribution in [3.05, 3.63) is 195 Å². The smallest absolute Gasteiger partial charge is 0.287 e. The second-order valence-electron chi connectivity index (χ2n) is 13.4. The van der Waals surface area contributed by atoms with E-state index in [2.05, 4.69) is 0 Å². The Bertz CT molecular complexity index is 2730. The lowest BCUT2D eigenvalue weighted by molar-refractivity contribution is -0.709. The normalized spacial score (nSPS) is 11.6. The van der Waals surface area contributed by atoms with Crippen molar-refractivity contribution >= 4 is 44.6 Å². The number of carbonyl (C=O) groups is 1. The third kappa shape index (κ3) is 7.36. The summed E-state index contributed by atoms with van der Waals surface area (Å²) in [6.45, 7) is 0.000676. The molecular weight excluding hydrogens is 932 g/mol. The first-order valence-corrected chi connectivity index (χ1v) is 17.3. The van der Waals surface area contributed by atoms with Gasteiger partial charge in [-0.15, -0.1) is 26.2 Å². The number of Topliss-reactive ketones (excluding diaryl/α,β-unsaturated/α-hetero) is 1. The molecule has 0 aliphatic carbocycles. The van der Waals surface area contributed by atoms with Crippen LogP contribution in [0.1, 0.15) is 10.4 Å². The Morgan fingerprint density at radius 2 is 0.631 bits per heavy atom. The van der Waals surface area contributed by atoms with Gasteiger partial charge in [0, 0.05) is 11.6 Å². The van der Waals surface area contributed by atoms with Crippen molar-refractivity contribution in [3.63, 3.8) is 0 Å². The number of ketones is 1. The van der Waals surface area contributed by atoms with E-state index in [0.717, 1.165) is 5.39 Å². The topological polar surface area (TPSA) is 20.9 Å². The molecule has 0 aliphatic rings. The van der Waals surface area contributed by atoms with E-state index in [4.69, 9.17) is 0 Å². The molecule has 6 aromatic carbocycles. The Balaban J connectivity index is 0.000000289. The van der Waals surface area contributed by atoms with Crippen LogP contribution in [0.4, 0.5) is 92.2 Å². The van der Waals surface area contributed by atoms with Crippen molar-refractivity contribution in [3.8, 4) is 0 Å². The van der Waals surface area contributed by atoms with Crippen LogP contribution in [0.2, 0.25) is 0 Å². The number of benzene rings is 6. The fraction of sp³-hybridized carbons (Fsp3) is 0.0244. The van der Waals surface area contributed by atoms with Gasteiger partial charge in [0.25, 0.3) is 0 Å². The molecule has 338 valence electrons. The zero-order valence-corrected chi connectivity index (χ0v) is 30.9. The van der Waals surface area contributed by atoms with Crippen LogP contribution in [-0.2, 0) is 6.54 Å². The number of hydrogen-bond acceptors (Lipinski definition) is 1. The Morgan fingerprint density at radius 3 is 0.954 bits per heavy atom. The van der Waals surface area contributed by atoms with E-state index >= 15 is 35.1 Å². The summed E-state index contributed by atoms with van der Waals surface area (Å²) in [4.78, 5) is 12.1. The predicted molar refractivity (Wildman–Crippen MR) is 184 cm³/mol. The van der Waals surface area contributed by atoms with Crippen LogP contribution in [0.15, 0.2) is 66.9 Å². The summed E-state index contributed by atoms with van der Waals surface area (Å²) in [5.74, 6) is -71.9. The van der Waals surface area contributed by atoms with Crippen molar-refractivity contribution in [1.29, 1.82) is 0 Å². The average molecular weight is 945 g/mol. The minimum atomic E-state index is -7.22. The highest BCUT2D eigenvalue weighted by molar-refractivity contribution is 7.20. The van der Waals surface area contributed by atoms with Crippen LogP contribution >= 0.6 is 0 Å². The summed E-state index contributed by atoms with van der Waals surface area (Å²) < 4.78 is 310. The molecule has 0 fully saturated rings. The van der Waals surface area contributed by atoms with Gasteiger partial charge in [0.1, 0.15) is 52.7 Å². The number of carbonyl (C=O) groups excluding carboxylic acids is 1. The number of rotatable bonds is 7.